The lowest BCUT2D eigenvalue weighted by atomic mass is 9.70. The number of nitrogens with zero attached hydrogens (tertiary/aromatic N) is 1. The third-order valence-electron chi connectivity index (χ3n) is 5.41. The summed E-state index contributed by atoms with van der Waals surface area (Å²) in [4.78, 5) is 13.9. The van der Waals surface area contributed by atoms with Crippen molar-refractivity contribution < 1.29 is 23.7 Å². The molecule has 6 nitrogen and oxygen atoms in total. The van der Waals surface area contributed by atoms with Gasteiger partial charge in [-0.2, -0.15) is 0 Å². The normalized spacial score (nSPS) is 19.3. The Bertz CT molecular complexity index is 624. The lowest BCUT2D eigenvalue weighted by Crippen LogP contribution is -2.49. The highest BCUT2D eigenvalue weighted by Crippen LogP contribution is 2.45. The first-order valence-corrected chi connectivity index (χ1v) is 8.74. The molecule has 0 bridgehead atoms. The molecule has 25 heavy (non-hydrogen) atoms. The Hall–Kier alpha value is -1.79. The highest BCUT2D eigenvalue weighted by atomic mass is 16.5. The van der Waals surface area contributed by atoms with Gasteiger partial charge in [-0.15, -0.1) is 0 Å². The van der Waals surface area contributed by atoms with Gasteiger partial charge in [0.15, 0.2) is 11.5 Å². The largest absolute Gasteiger partial charge is 0.493 e. The maximum absolute atomic E-state index is 11.5. The second kappa shape index (κ2) is 7.62. The summed E-state index contributed by atoms with van der Waals surface area (Å²) in [5.74, 6) is 1.35. The summed E-state index contributed by atoms with van der Waals surface area (Å²) in [7, 11) is 4.77. The van der Waals surface area contributed by atoms with E-state index < -0.39 is 0 Å². The van der Waals surface area contributed by atoms with Crippen molar-refractivity contribution in [2.75, 3.05) is 47.6 Å². The zero-order chi connectivity index (χ0) is 17.9. The Kier molecular flexibility index (Phi) is 5.49. The highest BCUT2D eigenvalue weighted by Gasteiger charge is 2.41. The second-order valence-corrected chi connectivity index (χ2v) is 6.79. The quantitative estimate of drug-likeness (QED) is 0.759. The van der Waals surface area contributed by atoms with Crippen LogP contribution in [0.25, 0.3) is 0 Å². The first kappa shape index (κ1) is 18.0. The van der Waals surface area contributed by atoms with E-state index >= 15 is 0 Å². The van der Waals surface area contributed by atoms with E-state index in [1.54, 1.807) is 14.2 Å². The van der Waals surface area contributed by atoms with Gasteiger partial charge in [0.05, 0.1) is 27.8 Å². The van der Waals surface area contributed by atoms with Crippen molar-refractivity contribution >= 4 is 5.97 Å². The van der Waals surface area contributed by atoms with Crippen molar-refractivity contribution in [1.82, 2.24) is 4.90 Å². The van der Waals surface area contributed by atoms with Crippen LogP contribution >= 0.6 is 0 Å². The Morgan fingerprint density at radius 2 is 1.84 bits per heavy atom. The number of ether oxygens (including phenoxy) is 4. The number of methoxy groups -OCH3 is 3. The standard InChI is InChI=1S/C19H27NO5/c1-22-16-10-14-12-20(7-4-18(21)24-3)13-19(5-8-25-9-6-19)15(14)11-17(16)23-2/h10-11H,4-9,12-13H2,1-3H3. The maximum atomic E-state index is 11.5. The van der Waals surface area contributed by atoms with Gasteiger partial charge in [0.1, 0.15) is 0 Å². The lowest BCUT2D eigenvalue weighted by Gasteiger charge is -2.46. The van der Waals surface area contributed by atoms with Crippen LogP contribution in [0.2, 0.25) is 0 Å². The molecule has 1 spiro atoms. The SMILES string of the molecule is COC(=O)CCN1Cc2cc(OC)c(OC)cc2C2(CCOCC2)C1. The van der Waals surface area contributed by atoms with Gasteiger partial charge in [0.25, 0.3) is 0 Å². The number of carbonyl (C=O) groups excluding carboxylic acids is 1. The van der Waals surface area contributed by atoms with Gasteiger partial charge in [0.2, 0.25) is 0 Å². The van der Waals surface area contributed by atoms with Gasteiger partial charge >= 0.3 is 5.97 Å². The molecule has 2 heterocycles. The fourth-order valence-electron chi connectivity index (χ4n) is 4.05. The Morgan fingerprint density at radius 3 is 2.48 bits per heavy atom. The molecule has 138 valence electrons. The van der Waals surface area contributed by atoms with E-state index in [1.807, 2.05) is 0 Å². The van der Waals surface area contributed by atoms with Crippen LogP contribution in [0.1, 0.15) is 30.4 Å². The van der Waals surface area contributed by atoms with E-state index in [4.69, 9.17) is 18.9 Å². The van der Waals surface area contributed by atoms with E-state index in [9.17, 15) is 4.79 Å². The van der Waals surface area contributed by atoms with Crippen LogP contribution in [-0.2, 0) is 26.2 Å². The molecule has 2 aliphatic rings. The molecule has 6 heteroatoms. The number of esters is 1. The molecule has 0 unspecified atom stereocenters. The smallest absolute Gasteiger partial charge is 0.306 e. The monoisotopic (exact) mass is 349 g/mol. The van der Waals surface area contributed by atoms with Crippen molar-refractivity contribution in [2.45, 2.75) is 31.2 Å². The molecule has 0 saturated carbocycles. The molecular formula is C19H27NO5. The van der Waals surface area contributed by atoms with Gasteiger partial charge in [0, 0.05) is 38.3 Å². The minimum Gasteiger partial charge on any atom is -0.493 e. The number of carbonyl (C=O) groups is 1. The third-order valence-corrected chi connectivity index (χ3v) is 5.41. The molecule has 0 radical (unpaired) electrons. The molecule has 0 aromatic heterocycles. The van der Waals surface area contributed by atoms with Crippen molar-refractivity contribution in [1.29, 1.82) is 0 Å². The average Bonchev–Trinajstić information content (AvgIpc) is 2.65. The zero-order valence-corrected chi connectivity index (χ0v) is 15.3. The molecule has 3 rings (SSSR count). The van der Waals surface area contributed by atoms with Gasteiger partial charge < -0.3 is 18.9 Å². The predicted octanol–water partition coefficient (Wildman–Crippen LogP) is 2.13. The van der Waals surface area contributed by atoms with Crippen LogP contribution in [0.4, 0.5) is 0 Å². The van der Waals surface area contributed by atoms with E-state index in [1.165, 1.54) is 18.2 Å². The molecule has 2 aliphatic heterocycles. The summed E-state index contributed by atoms with van der Waals surface area (Å²) in [5.41, 5.74) is 2.63. The third kappa shape index (κ3) is 3.60. The zero-order valence-electron chi connectivity index (χ0n) is 15.3. The topological polar surface area (TPSA) is 57.2 Å². The minimum absolute atomic E-state index is 0.0432. The summed E-state index contributed by atoms with van der Waals surface area (Å²) >= 11 is 0. The van der Waals surface area contributed by atoms with Gasteiger partial charge in [-0.25, -0.2) is 0 Å². The summed E-state index contributed by atoms with van der Waals surface area (Å²) in [5, 5.41) is 0. The molecule has 0 aliphatic carbocycles. The molecule has 1 saturated heterocycles. The van der Waals surface area contributed by atoms with Crippen molar-refractivity contribution in [3.63, 3.8) is 0 Å². The van der Waals surface area contributed by atoms with Crippen LogP contribution in [0, 0.1) is 0 Å². The van der Waals surface area contributed by atoms with Gasteiger partial charge in [-0.05, 0) is 36.1 Å². The van der Waals surface area contributed by atoms with E-state index in [2.05, 4.69) is 17.0 Å². The minimum atomic E-state index is -0.167. The van der Waals surface area contributed by atoms with Crippen LogP contribution in [0.5, 0.6) is 11.5 Å². The summed E-state index contributed by atoms with van der Waals surface area (Å²) < 4.78 is 21.4. The summed E-state index contributed by atoms with van der Waals surface area (Å²) in [6.07, 6.45) is 2.36. The first-order valence-electron chi connectivity index (χ1n) is 8.74. The predicted molar refractivity (Wildman–Crippen MR) is 93.2 cm³/mol. The summed E-state index contributed by atoms with van der Waals surface area (Å²) in [6.45, 7) is 3.95. The molecule has 0 N–H and O–H groups in total. The number of benzene rings is 1. The molecule has 0 atom stereocenters. The fraction of sp³-hybridized carbons (Fsp3) is 0.632. The average molecular weight is 349 g/mol. The fourth-order valence-corrected chi connectivity index (χ4v) is 4.05. The molecule has 1 aromatic rings. The van der Waals surface area contributed by atoms with Crippen LogP contribution in [0.3, 0.4) is 0 Å². The number of hydrogen-bond acceptors (Lipinski definition) is 6. The Labute approximate surface area is 149 Å². The van der Waals surface area contributed by atoms with Crippen molar-refractivity contribution in [3.8, 4) is 11.5 Å². The number of hydrogen-bond donors (Lipinski definition) is 0. The summed E-state index contributed by atoms with van der Waals surface area (Å²) in [6, 6.07) is 4.22. The van der Waals surface area contributed by atoms with Crippen LogP contribution in [-0.4, -0.2) is 58.5 Å². The maximum Gasteiger partial charge on any atom is 0.306 e. The van der Waals surface area contributed by atoms with Crippen molar-refractivity contribution in [2.24, 2.45) is 0 Å². The van der Waals surface area contributed by atoms with Crippen LogP contribution < -0.4 is 9.47 Å². The molecule has 1 fully saturated rings. The first-order chi connectivity index (χ1) is 12.1. The Balaban J connectivity index is 1.94. The highest BCUT2D eigenvalue weighted by molar-refractivity contribution is 5.69. The molecule has 1 aromatic carbocycles. The van der Waals surface area contributed by atoms with E-state index in [0.29, 0.717) is 13.0 Å². The molecule has 0 amide bonds. The number of rotatable bonds is 5. The molecular weight excluding hydrogens is 322 g/mol. The lowest BCUT2D eigenvalue weighted by molar-refractivity contribution is -0.141. The number of fused-ring (bicyclic) bond motifs is 2. The van der Waals surface area contributed by atoms with E-state index in [0.717, 1.165) is 50.6 Å². The second-order valence-electron chi connectivity index (χ2n) is 6.79. The van der Waals surface area contributed by atoms with Gasteiger partial charge in [-0.3, -0.25) is 9.69 Å². The van der Waals surface area contributed by atoms with E-state index in [-0.39, 0.29) is 11.4 Å². The van der Waals surface area contributed by atoms with Crippen LogP contribution in [0.15, 0.2) is 12.1 Å². The van der Waals surface area contributed by atoms with Gasteiger partial charge in [-0.1, -0.05) is 0 Å². The van der Waals surface area contributed by atoms with Crippen molar-refractivity contribution in [3.05, 3.63) is 23.3 Å². The Morgan fingerprint density at radius 1 is 1.16 bits per heavy atom.